The number of anilines is 2. The van der Waals surface area contributed by atoms with Crippen LogP contribution in [-0.2, 0) is 7.05 Å². The van der Waals surface area contributed by atoms with Gasteiger partial charge in [-0.3, -0.25) is 14.3 Å². The quantitative estimate of drug-likeness (QED) is 0.775. The van der Waals surface area contributed by atoms with Gasteiger partial charge in [-0.05, 0) is 19.1 Å². The molecule has 1 aromatic heterocycles. The Morgan fingerprint density at radius 1 is 1.35 bits per heavy atom. The monoisotopic (exact) mass is 298 g/mol. The zero-order chi connectivity index (χ0) is 14.8. The highest BCUT2D eigenvalue weighted by atomic mass is 32.2. The highest BCUT2D eigenvalue weighted by Crippen LogP contribution is 2.38. The molecule has 6 nitrogen and oxygen atoms in total. The van der Waals surface area contributed by atoms with E-state index in [1.807, 2.05) is 11.8 Å². The van der Waals surface area contributed by atoms with Crippen LogP contribution in [0, 0.1) is 0 Å². The SMILES string of the molecule is CSC1(CNc2c(N)n(C)c(=O)[nH]c2=O)CCCCC1. The maximum absolute atomic E-state index is 11.9. The largest absolute Gasteiger partial charge is 0.383 e. The van der Waals surface area contributed by atoms with Gasteiger partial charge in [-0.2, -0.15) is 11.8 Å². The average Bonchev–Trinajstić information content (AvgIpc) is 2.46. The maximum atomic E-state index is 11.9. The molecule has 1 heterocycles. The van der Waals surface area contributed by atoms with Crippen LogP contribution in [0.15, 0.2) is 9.59 Å². The molecule has 4 N–H and O–H groups in total. The van der Waals surface area contributed by atoms with Crippen LogP contribution >= 0.6 is 11.8 Å². The molecule has 112 valence electrons. The second-order valence-corrected chi connectivity index (χ2v) is 6.65. The van der Waals surface area contributed by atoms with Crippen molar-refractivity contribution < 1.29 is 0 Å². The summed E-state index contributed by atoms with van der Waals surface area (Å²) in [6.07, 6.45) is 8.13. The minimum absolute atomic E-state index is 0.159. The van der Waals surface area contributed by atoms with Crippen molar-refractivity contribution in [3.8, 4) is 0 Å². The first kappa shape index (κ1) is 15.0. The third kappa shape index (κ3) is 2.87. The second-order valence-electron chi connectivity index (χ2n) is 5.38. The Morgan fingerprint density at radius 3 is 2.60 bits per heavy atom. The summed E-state index contributed by atoms with van der Waals surface area (Å²) in [5.41, 5.74) is 5.22. The lowest BCUT2D eigenvalue weighted by molar-refractivity contribution is 0.411. The van der Waals surface area contributed by atoms with Gasteiger partial charge in [0.25, 0.3) is 5.56 Å². The number of nitrogens with zero attached hydrogens (tertiary/aromatic N) is 1. The molecule has 1 aliphatic rings. The third-order valence-corrected chi connectivity index (χ3v) is 5.57. The summed E-state index contributed by atoms with van der Waals surface area (Å²) >= 11 is 1.85. The van der Waals surface area contributed by atoms with Gasteiger partial charge in [-0.15, -0.1) is 0 Å². The fourth-order valence-electron chi connectivity index (χ4n) is 2.71. The summed E-state index contributed by atoms with van der Waals surface area (Å²) in [6.45, 7) is 0.694. The van der Waals surface area contributed by atoms with E-state index in [0.29, 0.717) is 12.2 Å². The first-order valence-electron chi connectivity index (χ1n) is 6.87. The molecule has 1 fully saturated rings. The van der Waals surface area contributed by atoms with E-state index in [0.717, 1.165) is 12.8 Å². The Kier molecular flexibility index (Phi) is 4.47. The molecule has 0 aliphatic heterocycles. The zero-order valence-corrected chi connectivity index (χ0v) is 12.8. The van der Waals surface area contributed by atoms with Gasteiger partial charge in [-0.25, -0.2) is 4.79 Å². The van der Waals surface area contributed by atoms with Gasteiger partial charge in [0.15, 0.2) is 0 Å². The number of hydrogen-bond donors (Lipinski definition) is 3. The summed E-state index contributed by atoms with van der Waals surface area (Å²) in [6, 6.07) is 0. The molecule has 0 unspecified atom stereocenters. The topological polar surface area (TPSA) is 92.9 Å². The molecule has 0 atom stereocenters. The number of aromatic nitrogens is 2. The van der Waals surface area contributed by atoms with Crippen LogP contribution in [-0.4, -0.2) is 27.1 Å². The number of nitrogens with two attached hydrogens (primary N) is 1. The van der Waals surface area contributed by atoms with E-state index in [2.05, 4.69) is 16.6 Å². The number of nitrogen functional groups attached to an aromatic ring is 1. The van der Waals surface area contributed by atoms with Crippen LogP contribution < -0.4 is 22.3 Å². The van der Waals surface area contributed by atoms with Crippen molar-refractivity contribution in [2.75, 3.05) is 23.9 Å². The molecule has 20 heavy (non-hydrogen) atoms. The summed E-state index contributed by atoms with van der Waals surface area (Å²) < 4.78 is 1.40. The zero-order valence-electron chi connectivity index (χ0n) is 12.0. The number of aromatic amines is 1. The standard InChI is InChI=1S/C13H22N4O2S/c1-17-10(14)9(11(18)16-12(17)19)15-8-13(20-2)6-4-3-5-7-13/h15H,3-8,14H2,1-2H3,(H,16,18,19). The molecule has 0 spiro atoms. The Morgan fingerprint density at radius 2 is 2.00 bits per heavy atom. The smallest absolute Gasteiger partial charge is 0.329 e. The molecule has 1 aromatic rings. The molecule has 7 heteroatoms. The lowest BCUT2D eigenvalue weighted by atomic mass is 9.88. The summed E-state index contributed by atoms with van der Waals surface area (Å²) in [7, 11) is 1.55. The summed E-state index contributed by atoms with van der Waals surface area (Å²) in [4.78, 5) is 25.6. The molecular weight excluding hydrogens is 276 g/mol. The molecule has 1 saturated carbocycles. The molecule has 0 bridgehead atoms. The van der Waals surface area contributed by atoms with E-state index in [1.54, 1.807) is 7.05 Å². The number of hydrogen-bond acceptors (Lipinski definition) is 5. The number of H-pyrrole nitrogens is 1. The van der Waals surface area contributed by atoms with E-state index < -0.39 is 11.2 Å². The third-order valence-electron chi connectivity index (χ3n) is 4.15. The van der Waals surface area contributed by atoms with Gasteiger partial charge in [0.1, 0.15) is 11.5 Å². The number of nitrogens with one attached hydrogen (secondary N) is 2. The summed E-state index contributed by atoms with van der Waals surface area (Å²) in [5.74, 6) is 0.186. The van der Waals surface area contributed by atoms with E-state index in [-0.39, 0.29) is 10.6 Å². The van der Waals surface area contributed by atoms with Crippen LogP contribution in [0.5, 0.6) is 0 Å². The molecule has 0 aromatic carbocycles. The Hall–Kier alpha value is -1.37. The lowest BCUT2D eigenvalue weighted by Gasteiger charge is -2.36. The molecule has 2 rings (SSSR count). The first-order valence-corrected chi connectivity index (χ1v) is 8.09. The minimum Gasteiger partial charge on any atom is -0.383 e. The van der Waals surface area contributed by atoms with Crippen molar-refractivity contribution in [1.29, 1.82) is 0 Å². The highest BCUT2D eigenvalue weighted by molar-refractivity contribution is 8.00. The lowest BCUT2D eigenvalue weighted by Crippen LogP contribution is -2.38. The van der Waals surface area contributed by atoms with Crippen LogP contribution in [0.2, 0.25) is 0 Å². The minimum atomic E-state index is -0.490. The van der Waals surface area contributed by atoms with Gasteiger partial charge in [0, 0.05) is 18.3 Å². The molecule has 0 saturated heterocycles. The van der Waals surface area contributed by atoms with Gasteiger partial charge < -0.3 is 11.1 Å². The van der Waals surface area contributed by atoms with E-state index >= 15 is 0 Å². The van der Waals surface area contributed by atoms with E-state index in [1.165, 1.54) is 23.8 Å². The maximum Gasteiger partial charge on any atom is 0.329 e. The van der Waals surface area contributed by atoms with Gasteiger partial charge in [0.05, 0.1) is 0 Å². The van der Waals surface area contributed by atoms with Crippen molar-refractivity contribution in [3.63, 3.8) is 0 Å². The predicted molar refractivity (Wildman–Crippen MR) is 84.5 cm³/mol. The normalized spacial score (nSPS) is 17.9. The van der Waals surface area contributed by atoms with Gasteiger partial charge >= 0.3 is 5.69 Å². The number of rotatable bonds is 4. The Bertz CT molecular complexity index is 587. The van der Waals surface area contributed by atoms with Crippen LogP contribution in [0.25, 0.3) is 0 Å². The van der Waals surface area contributed by atoms with Crippen LogP contribution in [0.1, 0.15) is 32.1 Å². The predicted octanol–water partition coefficient (Wildman–Crippen LogP) is 1.13. The van der Waals surface area contributed by atoms with Crippen molar-refractivity contribution >= 4 is 23.3 Å². The van der Waals surface area contributed by atoms with Crippen molar-refractivity contribution in [2.24, 2.45) is 7.05 Å². The molecular formula is C13H22N4O2S. The average molecular weight is 298 g/mol. The first-order chi connectivity index (χ1) is 9.49. The molecule has 0 amide bonds. The van der Waals surface area contributed by atoms with Crippen molar-refractivity contribution in [2.45, 2.75) is 36.9 Å². The number of thioether (sulfide) groups is 1. The van der Waals surface area contributed by atoms with E-state index in [4.69, 9.17) is 5.73 Å². The Labute approximate surface area is 122 Å². The fraction of sp³-hybridized carbons (Fsp3) is 0.692. The van der Waals surface area contributed by atoms with Crippen LogP contribution in [0.4, 0.5) is 11.5 Å². The molecule has 0 radical (unpaired) electrons. The van der Waals surface area contributed by atoms with Crippen molar-refractivity contribution in [3.05, 3.63) is 20.8 Å². The summed E-state index contributed by atoms with van der Waals surface area (Å²) in [5, 5.41) is 3.16. The highest BCUT2D eigenvalue weighted by Gasteiger charge is 2.31. The second kappa shape index (κ2) is 5.95. The van der Waals surface area contributed by atoms with Gasteiger partial charge in [-0.1, -0.05) is 19.3 Å². The van der Waals surface area contributed by atoms with E-state index in [9.17, 15) is 9.59 Å². The Balaban J connectivity index is 2.20. The van der Waals surface area contributed by atoms with Crippen LogP contribution in [0.3, 0.4) is 0 Å². The molecule has 1 aliphatic carbocycles. The van der Waals surface area contributed by atoms with Gasteiger partial charge in [0.2, 0.25) is 0 Å². The fourth-order valence-corrected chi connectivity index (χ4v) is 3.62. The van der Waals surface area contributed by atoms with Crippen molar-refractivity contribution in [1.82, 2.24) is 9.55 Å².